The Morgan fingerprint density at radius 1 is 0.757 bits per heavy atom. The quantitative estimate of drug-likeness (QED) is 0.0752. The second-order valence-corrected chi connectivity index (χ2v) is 21.2. The van der Waals surface area contributed by atoms with Crippen molar-refractivity contribution in [3.05, 3.63) is 83.9 Å². The number of fused-ring (bicyclic) bond motifs is 1. The number of esters is 1. The number of carbonyl (C=O) groups excluding carboxylic acids is 6. The molecule has 3 aromatic rings. The van der Waals surface area contributed by atoms with E-state index in [9.17, 15) is 28.8 Å². The Bertz CT molecular complexity index is 2200. The van der Waals surface area contributed by atoms with Gasteiger partial charge in [-0.25, -0.2) is 4.79 Å². The second-order valence-electron chi connectivity index (χ2n) is 21.2. The van der Waals surface area contributed by atoms with Crippen molar-refractivity contribution in [2.24, 2.45) is 35.5 Å². The first-order chi connectivity index (χ1) is 33.0. The van der Waals surface area contributed by atoms with Gasteiger partial charge in [0, 0.05) is 59.5 Å². The van der Waals surface area contributed by atoms with Crippen LogP contribution in [0.15, 0.2) is 72.8 Å². The summed E-state index contributed by atoms with van der Waals surface area (Å²) in [6, 6.07) is 21.7. The van der Waals surface area contributed by atoms with Crippen LogP contribution < -0.4 is 0 Å². The molecule has 0 N–H and O–H groups in total. The number of nitrogens with zero attached hydrogens (tertiary/aromatic N) is 3. The molecule has 0 aromatic heterocycles. The molecule has 13 nitrogen and oxygen atoms in total. The van der Waals surface area contributed by atoms with Gasteiger partial charge in [-0.3, -0.25) is 24.0 Å². The molecule has 3 amide bonds. The van der Waals surface area contributed by atoms with Gasteiger partial charge in [-0.15, -0.1) is 0 Å². The molecule has 1 aliphatic heterocycles. The predicted molar refractivity (Wildman–Crippen MR) is 274 cm³/mol. The van der Waals surface area contributed by atoms with Crippen LogP contribution in [0.2, 0.25) is 0 Å². The highest BCUT2D eigenvalue weighted by atomic mass is 16.6. The monoisotopic (exact) mass is 970 g/mol. The fourth-order valence-corrected chi connectivity index (χ4v) is 10.3. The van der Waals surface area contributed by atoms with Gasteiger partial charge in [-0.05, 0) is 79.7 Å². The molecule has 3 aromatic carbocycles. The van der Waals surface area contributed by atoms with Gasteiger partial charge in [0.15, 0.2) is 5.78 Å². The van der Waals surface area contributed by atoms with Crippen molar-refractivity contribution in [1.82, 2.24) is 14.7 Å². The van der Waals surface area contributed by atoms with Crippen LogP contribution in [0, 0.1) is 35.5 Å². The number of amides is 3. The van der Waals surface area contributed by atoms with Gasteiger partial charge in [0.2, 0.25) is 11.8 Å². The largest absolute Gasteiger partial charge is 0.461 e. The van der Waals surface area contributed by atoms with E-state index in [2.05, 4.69) is 0 Å². The molecule has 0 spiro atoms. The molecule has 386 valence electrons. The van der Waals surface area contributed by atoms with E-state index >= 15 is 0 Å². The number of likely N-dealkylation sites (tertiary alicyclic amines) is 1. The Morgan fingerprint density at radius 2 is 1.40 bits per heavy atom. The molecule has 0 unspecified atom stereocenters. The van der Waals surface area contributed by atoms with Crippen LogP contribution >= 0.6 is 0 Å². The molecule has 9 atom stereocenters. The summed E-state index contributed by atoms with van der Waals surface area (Å²) in [6.07, 6.45) is 0.239. The summed E-state index contributed by atoms with van der Waals surface area (Å²) in [7, 11) is 6.39. The lowest BCUT2D eigenvalue weighted by molar-refractivity contribution is -0.152. The summed E-state index contributed by atoms with van der Waals surface area (Å²) in [5, 5.41) is 2.05. The van der Waals surface area contributed by atoms with Crippen molar-refractivity contribution in [2.45, 2.75) is 157 Å². The van der Waals surface area contributed by atoms with E-state index in [1.807, 2.05) is 121 Å². The van der Waals surface area contributed by atoms with E-state index < -0.39 is 65.8 Å². The molecule has 13 heteroatoms. The average molecular weight is 970 g/mol. The molecular weight excluding hydrogens is 887 g/mol. The van der Waals surface area contributed by atoms with E-state index in [4.69, 9.17) is 18.9 Å². The maximum atomic E-state index is 14.7. The molecule has 70 heavy (non-hydrogen) atoms. The van der Waals surface area contributed by atoms with Crippen molar-refractivity contribution in [3.8, 4) is 0 Å². The van der Waals surface area contributed by atoms with Crippen LogP contribution in [0.5, 0.6) is 0 Å². The Morgan fingerprint density at radius 3 is 2.00 bits per heavy atom. The number of ether oxygens (including phenoxy) is 4. The first-order valence-electron chi connectivity index (χ1n) is 25.3. The summed E-state index contributed by atoms with van der Waals surface area (Å²) in [5.41, 5.74) is 1.05. The first kappa shape index (κ1) is 57.4. The van der Waals surface area contributed by atoms with Crippen molar-refractivity contribution >= 4 is 46.2 Å². The van der Waals surface area contributed by atoms with E-state index in [0.29, 0.717) is 32.2 Å². The molecule has 0 bridgehead atoms. The second kappa shape index (κ2) is 26.3. The number of hydrogen-bond acceptors (Lipinski definition) is 10. The number of methoxy groups -OCH3 is 2. The first-order valence-corrected chi connectivity index (χ1v) is 25.3. The summed E-state index contributed by atoms with van der Waals surface area (Å²) >= 11 is 0. The Hall–Kier alpha value is -5.14. The van der Waals surface area contributed by atoms with Gasteiger partial charge in [0.25, 0.3) is 0 Å². The maximum absolute atomic E-state index is 14.7. The zero-order valence-electron chi connectivity index (χ0n) is 44.6. The highest BCUT2D eigenvalue weighted by Crippen LogP contribution is 2.33. The average Bonchev–Trinajstić information content (AvgIpc) is 3.81. The molecule has 1 saturated heterocycles. The Balaban J connectivity index is 1.50. The summed E-state index contributed by atoms with van der Waals surface area (Å²) in [5.74, 6) is -3.88. The summed E-state index contributed by atoms with van der Waals surface area (Å²) in [4.78, 5) is 89.5. The fraction of sp³-hybridized carbons (Fsp3) is 0.614. The minimum absolute atomic E-state index is 0.0263. The molecule has 0 radical (unpaired) electrons. The number of likely N-dealkylation sites (N-methyl/N-ethyl adjacent to an activating group) is 2. The molecule has 0 saturated carbocycles. The third kappa shape index (κ3) is 15.2. The minimum Gasteiger partial charge on any atom is -0.461 e. The van der Waals surface area contributed by atoms with Crippen molar-refractivity contribution < 1.29 is 47.7 Å². The van der Waals surface area contributed by atoms with Gasteiger partial charge in [-0.2, -0.15) is 0 Å². The van der Waals surface area contributed by atoms with Crippen LogP contribution in [-0.2, 0) is 55.9 Å². The van der Waals surface area contributed by atoms with Gasteiger partial charge >= 0.3 is 12.1 Å². The fourth-order valence-electron chi connectivity index (χ4n) is 10.3. The third-order valence-corrected chi connectivity index (χ3v) is 14.3. The highest BCUT2D eigenvalue weighted by molar-refractivity contribution is 5.92. The van der Waals surface area contributed by atoms with E-state index in [1.165, 1.54) is 4.90 Å². The topological polar surface area (TPSA) is 149 Å². The molecule has 1 heterocycles. The van der Waals surface area contributed by atoms with E-state index in [-0.39, 0.29) is 67.0 Å². The molecule has 0 aliphatic carbocycles. The lowest BCUT2D eigenvalue weighted by atomic mass is 9.83. The zero-order valence-corrected chi connectivity index (χ0v) is 44.6. The zero-order chi connectivity index (χ0) is 52.0. The lowest BCUT2D eigenvalue weighted by Gasteiger charge is -2.41. The third-order valence-electron chi connectivity index (χ3n) is 14.3. The predicted octanol–water partition coefficient (Wildman–Crippen LogP) is 9.74. The lowest BCUT2D eigenvalue weighted by Crippen LogP contribution is -2.54. The van der Waals surface area contributed by atoms with E-state index in [0.717, 1.165) is 21.9 Å². The SMILES string of the molecule is CC[C@H](C)[C@@H]([C@@H](CC(=O)N1CCC[C@H]1[C@H](OC)[C@@H](C)C(=O)C[C@@H](Cc1ccccc1)C(=O)OCc1cccc2ccccc12)OC)N(C)C(=O)[C@@H](CC(=O)[C@H](C(C)C)N(C)C(=O)OC(C)(C)C)C(C)C. The van der Waals surface area contributed by atoms with Crippen molar-refractivity contribution in [1.29, 1.82) is 0 Å². The minimum atomic E-state index is -0.801. The highest BCUT2D eigenvalue weighted by Gasteiger charge is 2.44. The van der Waals surface area contributed by atoms with E-state index in [1.54, 1.807) is 58.9 Å². The summed E-state index contributed by atoms with van der Waals surface area (Å²) < 4.78 is 23.8. The van der Waals surface area contributed by atoms with Gasteiger partial charge in [0.05, 0.1) is 42.7 Å². The van der Waals surface area contributed by atoms with Crippen LogP contribution in [0.4, 0.5) is 4.79 Å². The smallest absolute Gasteiger partial charge is 0.410 e. The van der Waals surface area contributed by atoms with Crippen LogP contribution in [0.1, 0.15) is 119 Å². The standard InChI is InChI=1S/C57H83N3O10/c1-15-38(6)52(58(11)54(64)45(36(2)3)33-48(62)51(37(4)5)59(12)56(66)70-57(8,9)10)49(67-13)34-50(63)60-30-22-29-46(60)53(68-14)39(7)47(61)32-43(31-40-23-17-16-18-24-40)55(65)69-35-42-27-21-26-41-25-19-20-28-44(41)42/h16-21,23-28,36-39,43,45-46,49,51-53H,15,22,29-35H2,1-14H3/t38-,39-,43+,45-,46-,49+,51-,52-,53+/m0/s1. The van der Waals surface area contributed by atoms with Gasteiger partial charge in [-0.1, -0.05) is 128 Å². The summed E-state index contributed by atoms with van der Waals surface area (Å²) in [6.45, 7) is 19.3. The number of carbonyl (C=O) groups is 6. The number of Topliss-reactive ketones (excluding diaryl/α,β-unsaturated/α-hetero) is 2. The Kier molecular flexibility index (Phi) is 21.6. The van der Waals surface area contributed by atoms with Crippen molar-refractivity contribution in [3.63, 3.8) is 0 Å². The number of ketones is 2. The normalized spacial score (nSPS) is 17.5. The molecule has 1 fully saturated rings. The van der Waals surface area contributed by atoms with Crippen LogP contribution in [0.3, 0.4) is 0 Å². The molecule has 1 aliphatic rings. The Labute approximate surface area is 418 Å². The van der Waals surface area contributed by atoms with Crippen LogP contribution in [-0.4, -0.2) is 121 Å². The number of rotatable bonds is 25. The molecular formula is C57H83N3O10. The van der Waals surface area contributed by atoms with Crippen LogP contribution in [0.25, 0.3) is 10.8 Å². The van der Waals surface area contributed by atoms with Crippen molar-refractivity contribution in [2.75, 3.05) is 34.9 Å². The molecule has 4 rings (SSSR count). The number of hydrogen-bond donors (Lipinski definition) is 0. The van der Waals surface area contributed by atoms with Gasteiger partial charge in [0.1, 0.15) is 18.0 Å². The van der Waals surface area contributed by atoms with Gasteiger partial charge < -0.3 is 33.6 Å². The maximum Gasteiger partial charge on any atom is 0.410 e. The number of benzene rings is 3.